The first kappa shape index (κ1) is 31.5. The summed E-state index contributed by atoms with van der Waals surface area (Å²) in [6.45, 7) is 2.96. The Morgan fingerprint density at radius 3 is 2.88 bits per heavy atom. The van der Waals surface area contributed by atoms with Gasteiger partial charge < -0.3 is 30.6 Å². The molecule has 0 spiro atoms. The van der Waals surface area contributed by atoms with Crippen LogP contribution < -0.4 is 26.0 Å². The summed E-state index contributed by atoms with van der Waals surface area (Å²) in [6, 6.07) is 5.89. The Kier molecular flexibility index (Phi) is 8.88. The number of methoxy groups -OCH3 is 1. The molecule has 3 atom stereocenters. The van der Waals surface area contributed by atoms with Gasteiger partial charge in [0.05, 0.1) is 24.9 Å². The second kappa shape index (κ2) is 13.5. The summed E-state index contributed by atoms with van der Waals surface area (Å²) >= 11 is 1.90. The number of carbonyl (C=O) groups excluding carboxylic acids is 2. The third-order valence-corrected chi connectivity index (χ3v) is 10.3. The van der Waals surface area contributed by atoms with Gasteiger partial charge >= 0.3 is 6.03 Å². The lowest BCUT2D eigenvalue weighted by Gasteiger charge is -2.16. The van der Waals surface area contributed by atoms with Crippen LogP contribution in [0.2, 0.25) is 0 Å². The normalized spacial score (nSPS) is 18.5. The van der Waals surface area contributed by atoms with E-state index in [9.17, 15) is 9.59 Å². The quantitative estimate of drug-likeness (QED) is 0.108. The van der Waals surface area contributed by atoms with E-state index >= 15 is 0 Å². The predicted molar refractivity (Wildman–Crippen MR) is 182 cm³/mol. The molecule has 5 aromatic heterocycles. The van der Waals surface area contributed by atoms with Crippen molar-refractivity contribution in [1.29, 1.82) is 0 Å². The van der Waals surface area contributed by atoms with E-state index in [1.165, 1.54) is 0 Å². The molecule has 15 nitrogen and oxygen atoms in total. The highest BCUT2D eigenvalue weighted by Gasteiger charge is 2.42. The molecule has 5 aromatic rings. The number of hydrogen-bond donors (Lipinski definition) is 4. The highest BCUT2D eigenvalue weighted by molar-refractivity contribution is 8.00. The van der Waals surface area contributed by atoms with Gasteiger partial charge in [0.25, 0.3) is 0 Å². The van der Waals surface area contributed by atoms with Crippen LogP contribution in [-0.2, 0) is 18.4 Å². The number of rotatable bonds is 13. The Morgan fingerprint density at radius 2 is 2.04 bits per heavy atom. The summed E-state index contributed by atoms with van der Waals surface area (Å²) in [5.74, 6) is 3.73. The summed E-state index contributed by atoms with van der Waals surface area (Å²) in [5, 5.41) is 22.3. The number of fused-ring (bicyclic) bond motifs is 2. The number of aromatic nitrogens is 8. The molecule has 2 aliphatic heterocycles. The number of amides is 3. The number of hydrogen-bond acceptors (Lipinski definition) is 10. The lowest BCUT2D eigenvalue weighted by molar-refractivity contribution is -0.121. The number of nitrogens with one attached hydrogen (secondary N) is 4. The molecule has 0 aromatic carbocycles. The maximum Gasteiger partial charge on any atom is 0.315 e. The second-order valence-electron chi connectivity index (χ2n) is 12.0. The van der Waals surface area contributed by atoms with Crippen LogP contribution in [0.5, 0.6) is 5.75 Å². The van der Waals surface area contributed by atoms with Crippen molar-refractivity contribution >= 4 is 40.9 Å². The summed E-state index contributed by atoms with van der Waals surface area (Å²) in [4.78, 5) is 38.2. The van der Waals surface area contributed by atoms with E-state index < -0.39 is 0 Å². The van der Waals surface area contributed by atoms with Gasteiger partial charge in [0, 0.05) is 80.2 Å². The van der Waals surface area contributed by atoms with Crippen molar-refractivity contribution in [3.63, 3.8) is 0 Å². The molecule has 16 heteroatoms. The van der Waals surface area contributed by atoms with Crippen LogP contribution in [0.3, 0.4) is 0 Å². The van der Waals surface area contributed by atoms with Crippen molar-refractivity contribution in [1.82, 2.24) is 54.9 Å². The minimum absolute atomic E-state index is 0.0178. The van der Waals surface area contributed by atoms with Gasteiger partial charge in [0.15, 0.2) is 11.6 Å². The van der Waals surface area contributed by atoms with Gasteiger partial charge in [-0.15, -0.1) is 5.10 Å². The molecule has 48 heavy (non-hydrogen) atoms. The third kappa shape index (κ3) is 6.52. The first-order valence-corrected chi connectivity index (χ1v) is 17.0. The van der Waals surface area contributed by atoms with Crippen LogP contribution in [0.4, 0.5) is 16.4 Å². The van der Waals surface area contributed by atoms with Crippen LogP contribution in [-0.4, -0.2) is 87.6 Å². The Balaban J connectivity index is 1.03. The Bertz CT molecular complexity index is 1950. The Labute approximate surface area is 281 Å². The number of ether oxygens (including phenoxy) is 1. The van der Waals surface area contributed by atoms with E-state index in [4.69, 9.17) is 14.8 Å². The molecule has 0 aliphatic carbocycles. The van der Waals surface area contributed by atoms with Crippen molar-refractivity contribution in [3.8, 4) is 28.7 Å². The summed E-state index contributed by atoms with van der Waals surface area (Å²) < 4.78 is 10.9. The van der Waals surface area contributed by atoms with Crippen LogP contribution in [0.25, 0.3) is 28.4 Å². The Hall–Kier alpha value is -5.12. The van der Waals surface area contributed by atoms with Crippen LogP contribution in [0, 0.1) is 6.92 Å². The lowest BCUT2D eigenvalue weighted by Crippen LogP contribution is -2.36. The summed E-state index contributed by atoms with van der Waals surface area (Å²) in [6.07, 6.45) is 12.3. The smallest absolute Gasteiger partial charge is 0.315 e. The molecular formula is C32H38N12O3S. The van der Waals surface area contributed by atoms with Crippen LogP contribution in [0.1, 0.15) is 31.2 Å². The third-order valence-electron chi connectivity index (χ3n) is 8.76. The molecular weight excluding hydrogens is 632 g/mol. The average Bonchev–Trinajstić information content (AvgIpc) is 3.91. The topological polar surface area (TPSA) is 170 Å². The number of anilines is 2. The van der Waals surface area contributed by atoms with Crippen LogP contribution >= 0.6 is 11.8 Å². The summed E-state index contributed by atoms with van der Waals surface area (Å²) in [7, 11) is 3.50. The standard InChI is InChI=1S/C32H38N12O3S/c1-19-21(22-9-13-42(2)40-22)17-44-28(19)29(37-25-16-20(47-3)8-10-33-25)39-30(41-44)31-35-12-15-43(31)14-11-34-26(45)7-5-4-6-24-27-23(18-48-24)36-32(46)38-27/h8-10,12-13,15-17,23-24,27H,4-7,11,14,18H2,1-3H3,(H,34,45)(H2,36,38,46)(H,33,37,39,41)/t23-,24-,27-/m1/s1. The number of thioether (sulfide) groups is 1. The summed E-state index contributed by atoms with van der Waals surface area (Å²) in [5.41, 5.74) is 3.51. The molecule has 2 fully saturated rings. The van der Waals surface area contributed by atoms with Crippen molar-refractivity contribution in [2.75, 3.05) is 24.7 Å². The number of pyridine rings is 1. The van der Waals surface area contributed by atoms with Gasteiger partial charge in [-0.2, -0.15) is 16.9 Å². The highest BCUT2D eigenvalue weighted by atomic mass is 32.2. The van der Waals surface area contributed by atoms with Crippen molar-refractivity contribution in [2.45, 2.75) is 56.5 Å². The first-order valence-electron chi connectivity index (χ1n) is 16.0. The molecule has 7 heterocycles. The molecule has 250 valence electrons. The zero-order valence-electron chi connectivity index (χ0n) is 27.0. The lowest BCUT2D eigenvalue weighted by atomic mass is 10.0. The number of nitrogens with zero attached hydrogens (tertiary/aromatic N) is 8. The van der Waals surface area contributed by atoms with Gasteiger partial charge in [-0.3, -0.25) is 9.48 Å². The average molecular weight is 671 g/mol. The number of urea groups is 1. The molecule has 2 aliphatic rings. The van der Waals surface area contributed by atoms with Gasteiger partial charge in [-0.25, -0.2) is 24.3 Å². The SMILES string of the molecule is COc1ccnc(Nc2nc(-c3nccn3CCNC(=O)CCCC[C@H]3SC[C@H]4NC(=O)N[C@H]43)nn3cc(-c4ccn(C)n4)c(C)c23)c1. The van der Waals surface area contributed by atoms with Crippen molar-refractivity contribution in [3.05, 3.63) is 54.7 Å². The molecule has 0 unspecified atom stereocenters. The van der Waals surface area contributed by atoms with Gasteiger partial charge in [0.2, 0.25) is 11.7 Å². The first-order chi connectivity index (χ1) is 23.4. The van der Waals surface area contributed by atoms with Crippen molar-refractivity contribution in [2.24, 2.45) is 7.05 Å². The van der Waals surface area contributed by atoms with Crippen molar-refractivity contribution < 1.29 is 14.3 Å². The zero-order chi connectivity index (χ0) is 33.2. The monoisotopic (exact) mass is 670 g/mol. The van der Waals surface area contributed by atoms with E-state index in [0.29, 0.717) is 53.8 Å². The fraction of sp³-hybridized carbons (Fsp3) is 0.406. The van der Waals surface area contributed by atoms with Gasteiger partial charge in [-0.05, 0) is 37.5 Å². The van der Waals surface area contributed by atoms with E-state index in [0.717, 1.165) is 47.4 Å². The van der Waals surface area contributed by atoms with Gasteiger partial charge in [0.1, 0.15) is 17.1 Å². The largest absolute Gasteiger partial charge is 0.497 e. The van der Waals surface area contributed by atoms with E-state index in [-0.39, 0.29) is 24.0 Å². The fourth-order valence-corrected chi connectivity index (χ4v) is 7.88. The van der Waals surface area contributed by atoms with E-state index in [2.05, 4.69) is 36.3 Å². The van der Waals surface area contributed by atoms with E-state index in [1.54, 1.807) is 40.8 Å². The number of unbranched alkanes of at least 4 members (excludes halogenated alkanes) is 1. The van der Waals surface area contributed by atoms with E-state index in [1.807, 2.05) is 55.0 Å². The minimum atomic E-state index is -0.0694. The molecule has 7 rings (SSSR count). The number of imidazole rings is 1. The van der Waals surface area contributed by atoms with Crippen LogP contribution in [0.15, 0.2) is 49.2 Å². The second-order valence-corrected chi connectivity index (χ2v) is 13.3. The molecule has 0 bridgehead atoms. The number of aryl methyl sites for hydroxylation is 2. The van der Waals surface area contributed by atoms with Gasteiger partial charge in [-0.1, -0.05) is 6.42 Å². The molecule has 0 radical (unpaired) electrons. The number of carbonyl (C=O) groups is 2. The highest BCUT2D eigenvalue weighted by Crippen LogP contribution is 2.34. The minimum Gasteiger partial charge on any atom is -0.497 e. The maximum absolute atomic E-state index is 12.6. The molecule has 3 amide bonds. The predicted octanol–water partition coefficient (Wildman–Crippen LogP) is 3.29. The Morgan fingerprint density at radius 1 is 1.15 bits per heavy atom. The zero-order valence-corrected chi connectivity index (χ0v) is 27.8. The molecule has 4 N–H and O–H groups in total. The fourth-order valence-electron chi connectivity index (χ4n) is 6.33. The maximum atomic E-state index is 12.6. The molecule has 2 saturated heterocycles. The molecule has 0 saturated carbocycles.